The van der Waals surface area contributed by atoms with Gasteiger partial charge in [0.1, 0.15) is 6.54 Å². The first-order valence-corrected chi connectivity index (χ1v) is 12.6. The summed E-state index contributed by atoms with van der Waals surface area (Å²) in [7, 11) is -3.70. The maximum atomic E-state index is 12.7. The normalized spacial score (nSPS) is 14.5. The fourth-order valence-electron chi connectivity index (χ4n) is 3.14. The minimum absolute atomic E-state index is 0.0998. The van der Waals surface area contributed by atoms with E-state index in [0.29, 0.717) is 10.0 Å². The van der Waals surface area contributed by atoms with Gasteiger partial charge >= 0.3 is 5.97 Å². The predicted octanol–water partition coefficient (Wildman–Crippen LogP) is 2.45. The van der Waals surface area contributed by atoms with Crippen molar-refractivity contribution in [2.75, 3.05) is 39.3 Å². The molecule has 1 aliphatic rings. The molecule has 2 amide bonds. The number of nitrogens with zero attached hydrogens (tertiary/aromatic N) is 2. The average Bonchev–Trinajstić information content (AvgIpc) is 2.81. The van der Waals surface area contributed by atoms with Crippen molar-refractivity contribution in [2.24, 2.45) is 0 Å². The van der Waals surface area contributed by atoms with E-state index < -0.39 is 41.0 Å². The number of sulfonamides is 1. The Hall–Kier alpha value is -2.37. The van der Waals surface area contributed by atoms with Crippen molar-refractivity contribution in [3.63, 3.8) is 0 Å². The number of carbonyl (C=O) groups excluding carboxylic acids is 3. The third-order valence-electron chi connectivity index (χ3n) is 4.97. The van der Waals surface area contributed by atoms with Crippen LogP contribution in [0.4, 0.5) is 0 Å². The molecule has 1 fully saturated rings. The van der Waals surface area contributed by atoms with Gasteiger partial charge in [0.15, 0.2) is 6.61 Å². The van der Waals surface area contributed by atoms with Crippen LogP contribution in [-0.2, 0) is 24.3 Å². The van der Waals surface area contributed by atoms with Gasteiger partial charge in [0.25, 0.3) is 11.8 Å². The second kappa shape index (κ2) is 11.4. The molecule has 1 N–H and O–H groups in total. The van der Waals surface area contributed by atoms with E-state index in [1.165, 1.54) is 51.7 Å². The molecule has 13 heteroatoms. The summed E-state index contributed by atoms with van der Waals surface area (Å²) in [6.07, 6.45) is 0. The number of amides is 2. The van der Waals surface area contributed by atoms with Crippen LogP contribution in [0.5, 0.6) is 0 Å². The Balaban J connectivity index is 1.43. The number of hydrogen-bond donors (Lipinski definition) is 1. The summed E-state index contributed by atoms with van der Waals surface area (Å²) < 4.78 is 31.6. The zero-order chi connectivity index (χ0) is 24.9. The lowest BCUT2D eigenvalue weighted by molar-refractivity contribution is -0.151. The van der Waals surface area contributed by atoms with Crippen LogP contribution in [0.25, 0.3) is 0 Å². The van der Waals surface area contributed by atoms with Crippen molar-refractivity contribution < 1.29 is 27.5 Å². The molecule has 0 atom stereocenters. The predicted molar refractivity (Wildman–Crippen MR) is 127 cm³/mol. The topological polar surface area (TPSA) is 113 Å². The third-order valence-corrected chi connectivity index (χ3v) is 7.68. The SMILES string of the molecule is O=C(CNC(=O)c1ccc(Cl)cc1Cl)OCC(=O)N1CCN(S(=O)(=O)c2ccc(Cl)cc2)CC1. The van der Waals surface area contributed by atoms with Crippen molar-refractivity contribution in [3.05, 3.63) is 63.1 Å². The van der Waals surface area contributed by atoms with Gasteiger partial charge in [-0.3, -0.25) is 14.4 Å². The highest BCUT2D eigenvalue weighted by molar-refractivity contribution is 7.89. The van der Waals surface area contributed by atoms with Gasteiger partial charge in [0.05, 0.1) is 15.5 Å². The molecule has 1 aliphatic heterocycles. The molecule has 0 radical (unpaired) electrons. The van der Waals surface area contributed by atoms with Crippen LogP contribution >= 0.6 is 34.8 Å². The lowest BCUT2D eigenvalue weighted by atomic mass is 10.2. The largest absolute Gasteiger partial charge is 0.454 e. The van der Waals surface area contributed by atoms with Crippen LogP contribution in [0.15, 0.2) is 47.4 Å². The van der Waals surface area contributed by atoms with E-state index in [2.05, 4.69) is 5.32 Å². The quantitative estimate of drug-likeness (QED) is 0.532. The smallest absolute Gasteiger partial charge is 0.325 e. The molecule has 182 valence electrons. The van der Waals surface area contributed by atoms with E-state index in [9.17, 15) is 22.8 Å². The van der Waals surface area contributed by atoms with Crippen molar-refractivity contribution >= 4 is 62.6 Å². The molecule has 0 bridgehead atoms. The van der Waals surface area contributed by atoms with Gasteiger partial charge in [-0.25, -0.2) is 8.42 Å². The van der Waals surface area contributed by atoms with Crippen LogP contribution in [0.2, 0.25) is 15.1 Å². The van der Waals surface area contributed by atoms with Crippen molar-refractivity contribution in [2.45, 2.75) is 4.90 Å². The Morgan fingerprint density at radius 2 is 1.53 bits per heavy atom. The minimum atomic E-state index is -3.70. The van der Waals surface area contributed by atoms with Crippen molar-refractivity contribution in [1.82, 2.24) is 14.5 Å². The number of rotatable bonds is 7. The Morgan fingerprint density at radius 3 is 2.15 bits per heavy atom. The molecule has 0 unspecified atom stereocenters. The van der Waals surface area contributed by atoms with Gasteiger partial charge in [-0.15, -0.1) is 0 Å². The maximum absolute atomic E-state index is 12.7. The molecule has 0 spiro atoms. The van der Waals surface area contributed by atoms with Gasteiger partial charge in [0, 0.05) is 36.2 Å². The van der Waals surface area contributed by atoms with E-state index in [1.54, 1.807) is 0 Å². The van der Waals surface area contributed by atoms with Crippen LogP contribution in [0.3, 0.4) is 0 Å². The number of nitrogens with one attached hydrogen (secondary N) is 1. The summed E-state index contributed by atoms with van der Waals surface area (Å²) in [5, 5.41) is 3.28. The first-order valence-electron chi connectivity index (χ1n) is 10.0. The number of benzene rings is 2. The van der Waals surface area contributed by atoms with Gasteiger partial charge in [0.2, 0.25) is 10.0 Å². The number of esters is 1. The van der Waals surface area contributed by atoms with E-state index >= 15 is 0 Å². The first kappa shape index (κ1) is 26.2. The Morgan fingerprint density at radius 1 is 0.912 bits per heavy atom. The highest BCUT2D eigenvalue weighted by atomic mass is 35.5. The zero-order valence-electron chi connectivity index (χ0n) is 17.7. The molecule has 1 heterocycles. The minimum Gasteiger partial charge on any atom is -0.454 e. The lowest BCUT2D eigenvalue weighted by Crippen LogP contribution is -2.51. The number of carbonyl (C=O) groups is 3. The van der Waals surface area contributed by atoms with E-state index in [1.807, 2.05) is 0 Å². The van der Waals surface area contributed by atoms with Crippen LogP contribution < -0.4 is 5.32 Å². The standard InChI is InChI=1S/C21H20Cl3N3O6S/c22-14-1-4-16(5-2-14)34(31,32)27-9-7-26(8-10-27)19(28)13-33-20(29)12-25-21(30)17-6-3-15(23)11-18(17)24/h1-6,11H,7-10,12-13H2,(H,25,30). The first-order chi connectivity index (χ1) is 16.1. The molecule has 0 aromatic heterocycles. The molecule has 34 heavy (non-hydrogen) atoms. The fourth-order valence-corrected chi connectivity index (χ4v) is 5.18. The second-order valence-corrected chi connectivity index (χ2v) is 10.4. The number of piperazine rings is 1. The van der Waals surface area contributed by atoms with Gasteiger partial charge in [-0.1, -0.05) is 34.8 Å². The van der Waals surface area contributed by atoms with Crippen LogP contribution in [-0.4, -0.2) is 74.7 Å². The fraction of sp³-hybridized carbons (Fsp3) is 0.286. The van der Waals surface area contributed by atoms with E-state index in [4.69, 9.17) is 39.5 Å². The molecule has 2 aromatic carbocycles. The molecular weight excluding hydrogens is 529 g/mol. The van der Waals surface area contributed by atoms with E-state index in [0.717, 1.165) is 0 Å². The average molecular weight is 549 g/mol. The number of ether oxygens (including phenoxy) is 1. The molecule has 0 saturated carbocycles. The summed E-state index contributed by atoms with van der Waals surface area (Å²) >= 11 is 17.5. The van der Waals surface area contributed by atoms with Crippen LogP contribution in [0.1, 0.15) is 10.4 Å². The van der Waals surface area contributed by atoms with Crippen LogP contribution in [0, 0.1) is 0 Å². The number of hydrogen-bond acceptors (Lipinski definition) is 6. The third kappa shape index (κ3) is 6.61. The van der Waals surface area contributed by atoms with E-state index in [-0.39, 0.29) is 41.7 Å². The molecule has 3 rings (SSSR count). The molecule has 2 aromatic rings. The summed E-state index contributed by atoms with van der Waals surface area (Å²) in [5.41, 5.74) is 0.140. The molecular formula is C21H20Cl3N3O6S. The molecule has 1 saturated heterocycles. The Bertz CT molecular complexity index is 1180. The second-order valence-electron chi connectivity index (χ2n) is 7.21. The highest BCUT2D eigenvalue weighted by Gasteiger charge is 2.30. The lowest BCUT2D eigenvalue weighted by Gasteiger charge is -2.33. The zero-order valence-corrected chi connectivity index (χ0v) is 20.8. The van der Waals surface area contributed by atoms with Gasteiger partial charge in [-0.2, -0.15) is 4.31 Å². The van der Waals surface area contributed by atoms with Gasteiger partial charge in [-0.05, 0) is 42.5 Å². The highest BCUT2D eigenvalue weighted by Crippen LogP contribution is 2.21. The van der Waals surface area contributed by atoms with Crippen molar-refractivity contribution in [1.29, 1.82) is 0 Å². The Labute approximate surface area is 211 Å². The summed E-state index contributed by atoms with van der Waals surface area (Å²) in [4.78, 5) is 37.9. The Kier molecular flexibility index (Phi) is 8.78. The van der Waals surface area contributed by atoms with Gasteiger partial charge < -0.3 is 15.0 Å². The molecule has 9 nitrogen and oxygen atoms in total. The number of halogens is 3. The monoisotopic (exact) mass is 547 g/mol. The molecule has 0 aliphatic carbocycles. The maximum Gasteiger partial charge on any atom is 0.325 e. The summed E-state index contributed by atoms with van der Waals surface area (Å²) in [6.45, 7) is -0.492. The summed E-state index contributed by atoms with van der Waals surface area (Å²) in [5.74, 6) is -1.87. The summed E-state index contributed by atoms with van der Waals surface area (Å²) in [6, 6.07) is 10.1. The van der Waals surface area contributed by atoms with Crippen molar-refractivity contribution in [3.8, 4) is 0 Å².